The van der Waals surface area contributed by atoms with Crippen molar-refractivity contribution in [2.45, 2.75) is 26.3 Å². The second-order valence-electron chi connectivity index (χ2n) is 2.61. The smallest absolute Gasteiger partial charge is 0.0684 e. The van der Waals surface area contributed by atoms with Crippen molar-refractivity contribution in [2.75, 3.05) is 7.11 Å². The largest absolute Gasteiger partial charge is 0.275 e. The summed E-state index contributed by atoms with van der Waals surface area (Å²) in [6.07, 6.45) is 0. The number of hydrogen-bond acceptors (Lipinski definition) is 2. The zero-order valence-corrected chi connectivity index (χ0v) is 5.76. The molecule has 0 saturated heterocycles. The van der Waals surface area contributed by atoms with Crippen LogP contribution in [0.2, 0.25) is 0 Å². The molecule has 0 rings (SSSR count). The third kappa shape index (κ3) is 2.26. The van der Waals surface area contributed by atoms with Gasteiger partial charge >= 0.3 is 0 Å². The van der Waals surface area contributed by atoms with Gasteiger partial charge in [0, 0.05) is 0 Å². The summed E-state index contributed by atoms with van der Waals surface area (Å²) in [5, 5.41) is 11.1. The van der Waals surface area contributed by atoms with Crippen molar-refractivity contribution in [1.82, 2.24) is 5.23 Å². The van der Waals surface area contributed by atoms with Crippen LogP contribution in [0, 0.1) is 0 Å². The lowest BCUT2D eigenvalue weighted by Gasteiger charge is -2.23. The highest BCUT2D eigenvalue weighted by atomic mass is 16.9. The van der Waals surface area contributed by atoms with E-state index < -0.39 is 5.54 Å². The summed E-state index contributed by atoms with van der Waals surface area (Å²) in [5.41, 5.74) is -0.436. The molecule has 3 heteroatoms. The van der Waals surface area contributed by atoms with E-state index in [0.29, 0.717) is 5.23 Å². The molecule has 0 aliphatic rings. The fraction of sp³-hybridized carbons (Fsp3) is 1.00. The Morgan fingerprint density at radius 1 is 1.38 bits per heavy atom. The van der Waals surface area contributed by atoms with E-state index in [1.165, 1.54) is 7.11 Å². The van der Waals surface area contributed by atoms with Crippen LogP contribution in [0.3, 0.4) is 0 Å². The highest BCUT2D eigenvalue weighted by Crippen LogP contribution is 2.08. The molecular weight excluding hydrogens is 106 g/mol. The zero-order valence-electron chi connectivity index (χ0n) is 5.76. The summed E-state index contributed by atoms with van der Waals surface area (Å²) in [7, 11) is 1.36. The van der Waals surface area contributed by atoms with Gasteiger partial charge in [-0.25, -0.2) is 0 Å². The van der Waals surface area contributed by atoms with Crippen LogP contribution in [0.25, 0.3) is 0 Å². The van der Waals surface area contributed by atoms with Crippen molar-refractivity contribution in [1.29, 1.82) is 0 Å². The van der Waals surface area contributed by atoms with Crippen molar-refractivity contribution >= 4 is 0 Å². The van der Waals surface area contributed by atoms with Gasteiger partial charge in [-0.05, 0) is 26.0 Å². The maximum absolute atomic E-state index is 10.5. The van der Waals surface area contributed by atoms with Gasteiger partial charge in [0.25, 0.3) is 0 Å². The molecular formula is C5H12NO2. The minimum absolute atomic E-state index is 0.436. The van der Waals surface area contributed by atoms with Gasteiger partial charge in [0.2, 0.25) is 0 Å². The van der Waals surface area contributed by atoms with E-state index in [0.717, 1.165) is 0 Å². The highest BCUT2D eigenvalue weighted by Gasteiger charge is 2.20. The molecule has 0 aromatic rings. The summed E-state index contributed by atoms with van der Waals surface area (Å²) in [6.45, 7) is 5.34. The highest BCUT2D eigenvalue weighted by molar-refractivity contribution is 4.61. The van der Waals surface area contributed by atoms with Crippen molar-refractivity contribution in [3.8, 4) is 0 Å². The van der Waals surface area contributed by atoms with Gasteiger partial charge in [-0.2, -0.15) is 0 Å². The van der Waals surface area contributed by atoms with E-state index in [4.69, 9.17) is 0 Å². The fourth-order valence-corrected chi connectivity index (χ4v) is 0.274. The number of rotatable bonds is 1. The summed E-state index contributed by atoms with van der Waals surface area (Å²) in [5.74, 6) is 0. The van der Waals surface area contributed by atoms with Gasteiger partial charge in [0.05, 0.1) is 12.6 Å². The Labute approximate surface area is 49.8 Å². The first-order valence-corrected chi connectivity index (χ1v) is 2.50. The van der Waals surface area contributed by atoms with Crippen molar-refractivity contribution in [3.63, 3.8) is 0 Å². The van der Waals surface area contributed by atoms with E-state index in [2.05, 4.69) is 4.84 Å². The second-order valence-corrected chi connectivity index (χ2v) is 2.61. The lowest BCUT2D eigenvalue weighted by Crippen LogP contribution is -2.36. The Bertz CT molecular complexity index is 67.3. The molecule has 8 heavy (non-hydrogen) atoms. The summed E-state index contributed by atoms with van der Waals surface area (Å²) < 4.78 is 0. The Balaban J connectivity index is 3.62. The predicted molar refractivity (Wildman–Crippen MR) is 29.3 cm³/mol. The van der Waals surface area contributed by atoms with Crippen molar-refractivity contribution < 1.29 is 10.0 Å². The molecule has 0 spiro atoms. The minimum Gasteiger partial charge on any atom is -0.275 e. The van der Waals surface area contributed by atoms with Gasteiger partial charge in [-0.15, -0.1) is 0 Å². The monoisotopic (exact) mass is 118 g/mol. The van der Waals surface area contributed by atoms with Crippen molar-refractivity contribution in [3.05, 3.63) is 0 Å². The van der Waals surface area contributed by atoms with Crippen molar-refractivity contribution in [2.24, 2.45) is 0 Å². The summed E-state index contributed by atoms with van der Waals surface area (Å²) in [4.78, 5) is 4.39. The lowest BCUT2D eigenvalue weighted by molar-refractivity contribution is -0.404. The summed E-state index contributed by atoms with van der Waals surface area (Å²) >= 11 is 0. The molecule has 1 radical (unpaired) electrons. The van der Waals surface area contributed by atoms with E-state index in [1.54, 1.807) is 20.8 Å². The van der Waals surface area contributed by atoms with Crippen LogP contribution in [0.5, 0.6) is 0 Å². The molecule has 0 amide bonds. The molecule has 0 unspecified atom stereocenters. The molecule has 0 fully saturated rings. The second kappa shape index (κ2) is 2.44. The predicted octanol–water partition coefficient (Wildman–Crippen LogP) is 0.994. The van der Waals surface area contributed by atoms with Crippen LogP contribution in [-0.2, 0) is 10.0 Å². The van der Waals surface area contributed by atoms with Gasteiger partial charge < -0.3 is 0 Å². The normalized spacial score (nSPS) is 12.8. The molecule has 49 valence electrons. The molecule has 0 aliphatic heterocycles. The Morgan fingerprint density at radius 3 is 1.75 bits per heavy atom. The molecule has 0 aromatic heterocycles. The Hall–Kier alpha value is -0.120. The van der Waals surface area contributed by atoms with Gasteiger partial charge in [0.15, 0.2) is 0 Å². The average molecular weight is 118 g/mol. The number of hydrogen-bond donors (Lipinski definition) is 0. The molecule has 0 aromatic carbocycles. The van der Waals surface area contributed by atoms with Crippen LogP contribution in [-0.4, -0.2) is 17.9 Å². The topological polar surface area (TPSA) is 32.4 Å². The Morgan fingerprint density at radius 2 is 1.75 bits per heavy atom. The third-order valence-electron chi connectivity index (χ3n) is 0.714. The van der Waals surface area contributed by atoms with E-state index >= 15 is 0 Å². The molecule has 0 bridgehead atoms. The van der Waals surface area contributed by atoms with Crippen LogP contribution < -0.4 is 0 Å². The van der Waals surface area contributed by atoms with Crippen LogP contribution in [0.4, 0.5) is 0 Å². The maximum atomic E-state index is 10.5. The average Bonchev–Trinajstić information content (AvgIpc) is 1.62. The van der Waals surface area contributed by atoms with Crippen LogP contribution in [0.1, 0.15) is 20.8 Å². The quantitative estimate of drug-likeness (QED) is 0.481. The molecule has 0 atom stereocenters. The van der Waals surface area contributed by atoms with E-state index in [1.807, 2.05) is 0 Å². The maximum Gasteiger partial charge on any atom is 0.0684 e. The molecule has 3 nitrogen and oxygen atoms in total. The number of nitrogens with zero attached hydrogens (tertiary/aromatic N) is 1. The number of hydroxylamine groups is 2. The minimum atomic E-state index is -0.436. The Kier molecular flexibility index (Phi) is 2.40. The van der Waals surface area contributed by atoms with Crippen LogP contribution >= 0.6 is 0 Å². The first kappa shape index (κ1) is 7.88. The van der Waals surface area contributed by atoms with E-state index in [9.17, 15) is 5.21 Å². The van der Waals surface area contributed by atoms with Gasteiger partial charge in [-0.1, -0.05) is 5.21 Å². The molecule has 0 N–H and O–H groups in total. The van der Waals surface area contributed by atoms with Gasteiger partial charge in [-0.3, -0.25) is 4.84 Å². The van der Waals surface area contributed by atoms with Gasteiger partial charge in [0.1, 0.15) is 0 Å². The van der Waals surface area contributed by atoms with E-state index in [-0.39, 0.29) is 0 Å². The first-order valence-electron chi connectivity index (χ1n) is 2.50. The fourth-order valence-electron chi connectivity index (χ4n) is 0.274. The molecule has 0 saturated carbocycles. The summed E-state index contributed by atoms with van der Waals surface area (Å²) in [6, 6.07) is 0. The standard InChI is InChI=1S/C5H12NO2/c1-5(2,3)6(7)8-4/h1-4H3. The molecule has 0 heterocycles. The lowest BCUT2D eigenvalue weighted by atomic mass is 10.1. The molecule has 0 aliphatic carbocycles. The van der Waals surface area contributed by atoms with Crippen LogP contribution in [0.15, 0.2) is 0 Å². The first-order chi connectivity index (χ1) is 3.48. The third-order valence-corrected chi connectivity index (χ3v) is 0.714. The zero-order chi connectivity index (χ0) is 6.78. The SMILES string of the molecule is CON([O])C(C)(C)C.